The van der Waals surface area contributed by atoms with Crippen molar-refractivity contribution in [3.63, 3.8) is 0 Å². The van der Waals surface area contributed by atoms with E-state index in [4.69, 9.17) is 4.74 Å². The highest BCUT2D eigenvalue weighted by atomic mass is 32.2. The Hall–Kier alpha value is -0.870. The van der Waals surface area contributed by atoms with Crippen LogP contribution in [0, 0.1) is 0 Å². The van der Waals surface area contributed by atoms with Gasteiger partial charge in [-0.05, 0) is 37.6 Å². The van der Waals surface area contributed by atoms with Crippen LogP contribution < -0.4 is 10.1 Å². The van der Waals surface area contributed by atoms with Crippen molar-refractivity contribution in [1.29, 1.82) is 0 Å². The topological polar surface area (TPSA) is 38.3 Å². The summed E-state index contributed by atoms with van der Waals surface area (Å²) in [7, 11) is 0.928. The first-order chi connectivity index (χ1) is 8.13. The molecule has 1 aromatic rings. The molecule has 2 unspecified atom stereocenters. The maximum atomic E-state index is 11.1. The van der Waals surface area contributed by atoms with E-state index in [-0.39, 0.29) is 5.25 Å². The first-order valence-electron chi connectivity index (χ1n) is 5.79. The maximum Gasteiger partial charge on any atom is 0.118 e. The van der Waals surface area contributed by atoms with Crippen molar-refractivity contribution >= 4 is 10.8 Å². The molecule has 1 aromatic carbocycles. The van der Waals surface area contributed by atoms with Crippen LogP contribution in [-0.2, 0) is 17.2 Å². The van der Waals surface area contributed by atoms with Crippen LogP contribution in [0.5, 0.6) is 5.75 Å². The van der Waals surface area contributed by atoms with Gasteiger partial charge in [0, 0.05) is 28.9 Å². The van der Waals surface area contributed by atoms with E-state index in [2.05, 4.69) is 17.4 Å². The minimum Gasteiger partial charge on any atom is -0.497 e. The smallest absolute Gasteiger partial charge is 0.118 e. The van der Waals surface area contributed by atoms with Gasteiger partial charge in [-0.25, -0.2) is 0 Å². The van der Waals surface area contributed by atoms with Gasteiger partial charge in [-0.1, -0.05) is 12.1 Å². The summed E-state index contributed by atoms with van der Waals surface area (Å²) < 4.78 is 16.2. The fraction of sp³-hybridized carbons (Fsp3) is 0.538. The molecule has 3 nitrogen and oxygen atoms in total. The summed E-state index contributed by atoms with van der Waals surface area (Å²) >= 11 is 0. The summed E-state index contributed by atoms with van der Waals surface area (Å²) in [5.41, 5.74) is 1.28. The molecule has 0 amide bonds. The second-order valence-electron chi connectivity index (χ2n) is 4.11. The minimum atomic E-state index is -0.742. The van der Waals surface area contributed by atoms with Crippen molar-refractivity contribution in [3.05, 3.63) is 29.8 Å². The molecule has 0 bridgehead atoms. The number of rotatable bonds is 7. The van der Waals surface area contributed by atoms with Crippen LogP contribution in [0.15, 0.2) is 24.3 Å². The minimum absolute atomic E-state index is 0.214. The summed E-state index contributed by atoms with van der Waals surface area (Å²) in [6, 6.07) is 8.09. The average Bonchev–Trinajstić information content (AvgIpc) is 2.35. The van der Waals surface area contributed by atoms with Crippen molar-refractivity contribution in [1.82, 2.24) is 5.32 Å². The zero-order valence-corrected chi connectivity index (χ0v) is 11.5. The maximum absolute atomic E-state index is 11.1. The summed E-state index contributed by atoms with van der Waals surface area (Å²) in [5, 5.41) is 3.53. The Morgan fingerprint density at radius 3 is 2.53 bits per heavy atom. The zero-order chi connectivity index (χ0) is 12.7. The summed E-state index contributed by atoms with van der Waals surface area (Å²) in [6.07, 6.45) is 2.73. The molecule has 17 heavy (non-hydrogen) atoms. The third kappa shape index (κ3) is 5.33. The van der Waals surface area contributed by atoms with Crippen LogP contribution in [0.3, 0.4) is 0 Å². The molecule has 2 atom stereocenters. The monoisotopic (exact) mass is 255 g/mol. The van der Waals surface area contributed by atoms with Gasteiger partial charge in [0.2, 0.25) is 0 Å². The van der Waals surface area contributed by atoms with Crippen molar-refractivity contribution in [2.45, 2.75) is 18.6 Å². The van der Waals surface area contributed by atoms with E-state index in [0.717, 1.165) is 25.3 Å². The summed E-state index contributed by atoms with van der Waals surface area (Å²) in [6.45, 7) is 3.71. The van der Waals surface area contributed by atoms with Gasteiger partial charge in [0.1, 0.15) is 5.75 Å². The number of hydrogen-bond acceptors (Lipinski definition) is 3. The molecular formula is C13H21NO2S. The van der Waals surface area contributed by atoms with Crippen LogP contribution >= 0.6 is 0 Å². The van der Waals surface area contributed by atoms with Gasteiger partial charge in [-0.3, -0.25) is 4.21 Å². The third-order valence-electron chi connectivity index (χ3n) is 2.75. The van der Waals surface area contributed by atoms with E-state index in [1.54, 1.807) is 13.4 Å². The normalized spacial score (nSPS) is 14.3. The number of methoxy groups -OCH3 is 1. The lowest BCUT2D eigenvalue weighted by Gasteiger charge is -2.09. The number of ether oxygens (including phenoxy) is 1. The standard InChI is InChI=1S/C13H21NO2S/c1-11(17(3)15)10-14-9-8-12-4-6-13(16-2)7-5-12/h4-7,11,14H,8-10H2,1-3H3. The van der Waals surface area contributed by atoms with Crippen LogP contribution in [0.2, 0.25) is 0 Å². The van der Waals surface area contributed by atoms with Gasteiger partial charge in [-0.15, -0.1) is 0 Å². The van der Waals surface area contributed by atoms with Gasteiger partial charge in [0.15, 0.2) is 0 Å². The molecule has 0 radical (unpaired) electrons. The van der Waals surface area contributed by atoms with Gasteiger partial charge in [0.25, 0.3) is 0 Å². The second kappa shape index (κ2) is 7.45. The Bertz CT molecular complexity index is 351. The first kappa shape index (κ1) is 14.2. The second-order valence-corrected chi connectivity index (χ2v) is 5.91. The Labute approximate surface area is 106 Å². The fourth-order valence-corrected chi connectivity index (χ4v) is 1.80. The van der Waals surface area contributed by atoms with Crippen molar-refractivity contribution in [2.75, 3.05) is 26.5 Å². The highest BCUT2D eigenvalue weighted by Crippen LogP contribution is 2.11. The van der Waals surface area contributed by atoms with Crippen LogP contribution in [-0.4, -0.2) is 35.9 Å². The van der Waals surface area contributed by atoms with E-state index in [0.29, 0.717) is 0 Å². The molecule has 0 aliphatic heterocycles. The highest BCUT2D eigenvalue weighted by Gasteiger charge is 2.04. The van der Waals surface area contributed by atoms with Gasteiger partial charge in [0.05, 0.1) is 7.11 Å². The van der Waals surface area contributed by atoms with E-state index in [9.17, 15) is 4.21 Å². The number of benzene rings is 1. The summed E-state index contributed by atoms with van der Waals surface area (Å²) in [4.78, 5) is 0. The molecule has 0 fully saturated rings. The Morgan fingerprint density at radius 2 is 2.00 bits per heavy atom. The van der Waals surface area contributed by atoms with Crippen molar-refractivity contribution in [3.8, 4) is 5.75 Å². The number of nitrogens with one attached hydrogen (secondary N) is 1. The highest BCUT2D eigenvalue weighted by molar-refractivity contribution is 7.84. The fourth-order valence-electron chi connectivity index (χ4n) is 1.45. The average molecular weight is 255 g/mol. The molecule has 0 spiro atoms. The predicted octanol–water partition coefficient (Wildman–Crippen LogP) is 1.59. The van der Waals surface area contributed by atoms with E-state index < -0.39 is 10.8 Å². The molecule has 0 saturated heterocycles. The Morgan fingerprint density at radius 1 is 1.35 bits per heavy atom. The van der Waals surface area contributed by atoms with Gasteiger partial charge < -0.3 is 10.1 Å². The van der Waals surface area contributed by atoms with E-state index in [1.807, 2.05) is 19.1 Å². The van der Waals surface area contributed by atoms with E-state index >= 15 is 0 Å². The molecular weight excluding hydrogens is 234 g/mol. The molecule has 0 aliphatic rings. The van der Waals surface area contributed by atoms with Gasteiger partial charge >= 0.3 is 0 Å². The van der Waals surface area contributed by atoms with Crippen LogP contribution in [0.25, 0.3) is 0 Å². The van der Waals surface area contributed by atoms with Crippen molar-refractivity contribution in [2.24, 2.45) is 0 Å². The quantitative estimate of drug-likeness (QED) is 0.752. The largest absolute Gasteiger partial charge is 0.497 e. The molecule has 4 heteroatoms. The lowest BCUT2D eigenvalue weighted by Crippen LogP contribution is -2.29. The molecule has 0 heterocycles. The van der Waals surface area contributed by atoms with Crippen LogP contribution in [0.1, 0.15) is 12.5 Å². The number of hydrogen-bond donors (Lipinski definition) is 1. The van der Waals surface area contributed by atoms with Gasteiger partial charge in [-0.2, -0.15) is 0 Å². The molecule has 1 rings (SSSR count). The first-order valence-corrected chi connectivity index (χ1v) is 7.41. The molecule has 0 saturated carbocycles. The lowest BCUT2D eigenvalue weighted by molar-refractivity contribution is 0.414. The molecule has 0 aliphatic carbocycles. The predicted molar refractivity (Wildman–Crippen MR) is 73.1 cm³/mol. The lowest BCUT2D eigenvalue weighted by atomic mass is 10.1. The van der Waals surface area contributed by atoms with Crippen molar-refractivity contribution < 1.29 is 8.95 Å². The zero-order valence-electron chi connectivity index (χ0n) is 10.7. The van der Waals surface area contributed by atoms with E-state index in [1.165, 1.54) is 5.56 Å². The third-order valence-corrected chi connectivity index (χ3v) is 4.05. The summed E-state index contributed by atoms with van der Waals surface area (Å²) in [5.74, 6) is 0.886. The van der Waals surface area contributed by atoms with Crippen LogP contribution in [0.4, 0.5) is 0 Å². The molecule has 96 valence electrons. The molecule has 1 N–H and O–H groups in total. The molecule has 0 aromatic heterocycles. The Balaban J connectivity index is 2.24. The SMILES string of the molecule is COc1ccc(CCNCC(C)S(C)=O)cc1. The Kier molecular flexibility index (Phi) is 6.22.